The molecule has 6 heteroatoms. The summed E-state index contributed by atoms with van der Waals surface area (Å²) in [4.78, 5) is 27.0. The van der Waals surface area contributed by atoms with Gasteiger partial charge in [-0.1, -0.05) is 60.7 Å². The van der Waals surface area contributed by atoms with Gasteiger partial charge in [0.1, 0.15) is 5.75 Å². The van der Waals surface area contributed by atoms with Gasteiger partial charge < -0.3 is 20.3 Å². The van der Waals surface area contributed by atoms with Crippen molar-refractivity contribution in [1.29, 1.82) is 0 Å². The molecule has 0 aromatic heterocycles. The molecule has 0 saturated carbocycles. The van der Waals surface area contributed by atoms with Crippen LogP contribution >= 0.6 is 0 Å². The molecule has 0 aliphatic carbocycles. The molecule has 32 heavy (non-hydrogen) atoms. The molecule has 4 rings (SSSR count). The van der Waals surface area contributed by atoms with E-state index in [1.165, 1.54) is 0 Å². The molecule has 1 atom stereocenters. The summed E-state index contributed by atoms with van der Waals surface area (Å²) >= 11 is 0. The molecule has 6 nitrogen and oxygen atoms in total. The second-order valence-corrected chi connectivity index (χ2v) is 7.88. The summed E-state index contributed by atoms with van der Waals surface area (Å²) in [5.41, 5.74) is 2.86. The highest BCUT2D eigenvalue weighted by atomic mass is 16.5. The van der Waals surface area contributed by atoms with Crippen LogP contribution in [0, 0.1) is 5.92 Å². The van der Waals surface area contributed by atoms with Crippen LogP contribution in [0.1, 0.15) is 23.6 Å². The molecule has 2 N–H and O–H groups in total. The van der Waals surface area contributed by atoms with Gasteiger partial charge in [-0.2, -0.15) is 0 Å². The number of rotatable bonds is 7. The molecule has 164 valence electrons. The minimum Gasteiger partial charge on any atom is -0.497 e. The first kappa shape index (κ1) is 21.4. The summed E-state index contributed by atoms with van der Waals surface area (Å²) in [5.74, 6) is 0.873. The largest absolute Gasteiger partial charge is 0.497 e. The Morgan fingerprint density at radius 3 is 2.12 bits per heavy atom. The highest BCUT2D eigenvalue weighted by Gasteiger charge is 2.31. The van der Waals surface area contributed by atoms with E-state index < -0.39 is 0 Å². The molecule has 3 aromatic rings. The quantitative estimate of drug-likeness (QED) is 0.593. The van der Waals surface area contributed by atoms with Crippen LogP contribution in [0.4, 0.5) is 10.5 Å². The molecule has 1 saturated heterocycles. The summed E-state index contributed by atoms with van der Waals surface area (Å²) in [6.45, 7) is 1.01. The van der Waals surface area contributed by atoms with Crippen LogP contribution in [0.2, 0.25) is 0 Å². The van der Waals surface area contributed by atoms with Gasteiger partial charge in [-0.05, 0) is 35.4 Å². The number of benzene rings is 3. The number of anilines is 1. The zero-order chi connectivity index (χ0) is 22.3. The van der Waals surface area contributed by atoms with E-state index in [4.69, 9.17) is 4.74 Å². The normalized spacial score (nSPS) is 15.6. The smallest absolute Gasteiger partial charge is 0.315 e. The molecule has 1 aliphatic rings. The Bertz CT molecular complexity index is 999. The van der Waals surface area contributed by atoms with Crippen LogP contribution in [0.15, 0.2) is 84.9 Å². The van der Waals surface area contributed by atoms with Crippen molar-refractivity contribution in [1.82, 2.24) is 10.6 Å². The maximum Gasteiger partial charge on any atom is 0.315 e. The molecule has 1 aliphatic heterocycles. The Morgan fingerprint density at radius 2 is 1.56 bits per heavy atom. The molecule has 3 aromatic carbocycles. The van der Waals surface area contributed by atoms with E-state index in [-0.39, 0.29) is 23.9 Å². The van der Waals surface area contributed by atoms with Crippen LogP contribution in [-0.4, -0.2) is 32.1 Å². The van der Waals surface area contributed by atoms with Gasteiger partial charge in [0, 0.05) is 31.1 Å². The molecule has 1 heterocycles. The van der Waals surface area contributed by atoms with Crippen molar-refractivity contribution in [2.45, 2.75) is 12.5 Å². The molecule has 1 unspecified atom stereocenters. The number of nitrogens with one attached hydrogen (secondary N) is 2. The van der Waals surface area contributed by atoms with Crippen LogP contribution in [0.5, 0.6) is 5.75 Å². The van der Waals surface area contributed by atoms with E-state index in [2.05, 4.69) is 10.6 Å². The van der Waals surface area contributed by atoms with Gasteiger partial charge >= 0.3 is 6.03 Å². The Labute approximate surface area is 188 Å². The van der Waals surface area contributed by atoms with Crippen molar-refractivity contribution in [3.05, 3.63) is 96.1 Å². The van der Waals surface area contributed by atoms with Gasteiger partial charge in [-0.15, -0.1) is 0 Å². The van der Waals surface area contributed by atoms with E-state index in [9.17, 15) is 9.59 Å². The lowest BCUT2D eigenvalue weighted by molar-refractivity contribution is -0.117. The van der Waals surface area contributed by atoms with Gasteiger partial charge in [0.15, 0.2) is 0 Å². The monoisotopic (exact) mass is 429 g/mol. The highest BCUT2D eigenvalue weighted by Crippen LogP contribution is 2.26. The van der Waals surface area contributed by atoms with E-state index in [0.717, 1.165) is 22.6 Å². The van der Waals surface area contributed by atoms with Crippen LogP contribution in [0.3, 0.4) is 0 Å². The first-order chi connectivity index (χ1) is 15.6. The van der Waals surface area contributed by atoms with E-state index in [1.54, 1.807) is 12.0 Å². The van der Waals surface area contributed by atoms with Gasteiger partial charge in [0.25, 0.3) is 0 Å². The van der Waals surface area contributed by atoms with Gasteiger partial charge in [0.05, 0.1) is 13.2 Å². The number of hydrogen-bond donors (Lipinski definition) is 2. The maximum absolute atomic E-state index is 12.7. The van der Waals surface area contributed by atoms with Crippen LogP contribution in [0.25, 0.3) is 0 Å². The predicted octanol–water partition coefficient (Wildman–Crippen LogP) is 4.14. The maximum atomic E-state index is 12.7. The minimum absolute atomic E-state index is 0.0576. The second kappa shape index (κ2) is 10.0. The lowest BCUT2D eigenvalue weighted by Gasteiger charge is -2.21. The number of ether oxygens (including phenoxy) is 1. The van der Waals surface area contributed by atoms with Crippen molar-refractivity contribution < 1.29 is 14.3 Å². The van der Waals surface area contributed by atoms with Crippen molar-refractivity contribution >= 4 is 17.6 Å². The summed E-state index contributed by atoms with van der Waals surface area (Å²) in [6.07, 6.45) is 0.410. The average Bonchev–Trinajstić information content (AvgIpc) is 3.22. The minimum atomic E-state index is -0.252. The fraction of sp³-hybridized carbons (Fsp3) is 0.231. The van der Waals surface area contributed by atoms with Crippen LogP contribution in [-0.2, 0) is 4.79 Å². The molecular formula is C26H27N3O3. The van der Waals surface area contributed by atoms with Crippen LogP contribution < -0.4 is 20.3 Å². The Morgan fingerprint density at radius 1 is 0.969 bits per heavy atom. The number of urea groups is 1. The average molecular weight is 430 g/mol. The molecule has 3 amide bonds. The third-order valence-electron chi connectivity index (χ3n) is 5.68. The summed E-state index contributed by atoms with van der Waals surface area (Å²) in [6, 6.07) is 26.7. The Kier molecular flexibility index (Phi) is 6.70. The van der Waals surface area contributed by atoms with Crippen molar-refractivity contribution in [3.8, 4) is 5.75 Å². The third kappa shape index (κ3) is 5.09. The van der Waals surface area contributed by atoms with Gasteiger partial charge in [-0.25, -0.2) is 4.79 Å². The predicted molar refractivity (Wildman–Crippen MR) is 125 cm³/mol. The number of methoxy groups -OCH3 is 1. The Balaban J connectivity index is 1.36. The lowest BCUT2D eigenvalue weighted by Crippen LogP contribution is -2.41. The zero-order valence-corrected chi connectivity index (χ0v) is 18.0. The first-order valence-electron chi connectivity index (χ1n) is 10.7. The fourth-order valence-corrected chi connectivity index (χ4v) is 4.00. The third-order valence-corrected chi connectivity index (χ3v) is 5.68. The summed E-state index contributed by atoms with van der Waals surface area (Å²) in [7, 11) is 1.61. The highest BCUT2D eigenvalue weighted by molar-refractivity contribution is 5.95. The molecule has 0 spiro atoms. The molecule has 1 fully saturated rings. The Hall–Kier alpha value is -3.80. The van der Waals surface area contributed by atoms with E-state index in [1.807, 2.05) is 84.9 Å². The summed E-state index contributed by atoms with van der Waals surface area (Å²) < 4.78 is 5.18. The van der Waals surface area contributed by atoms with Gasteiger partial charge in [-0.3, -0.25) is 4.79 Å². The van der Waals surface area contributed by atoms with Crippen molar-refractivity contribution in [3.63, 3.8) is 0 Å². The number of carbonyl (C=O) groups is 2. The summed E-state index contributed by atoms with van der Waals surface area (Å²) in [5, 5.41) is 6.03. The zero-order valence-electron chi connectivity index (χ0n) is 18.0. The topological polar surface area (TPSA) is 70.7 Å². The lowest BCUT2D eigenvalue weighted by atomic mass is 9.99. The number of carbonyl (C=O) groups excluding carboxylic acids is 2. The van der Waals surface area contributed by atoms with Gasteiger partial charge in [0.2, 0.25) is 5.91 Å². The molecular weight excluding hydrogens is 402 g/mol. The second-order valence-electron chi connectivity index (χ2n) is 7.88. The van der Waals surface area contributed by atoms with E-state index in [0.29, 0.717) is 19.5 Å². The van der Waals surface area contributed by atoms with E-state index >= 15 is 0 Å². The number of amides is 3. The van der Waals surface area contributed by atoms with Crippen molar-refractivity contribution in [2.75, 3.05) is 25.1 Å². The fourth-order valence-electron chi connectivity index (χ4n) is 4.00. The SMILES string of the molecule is COc1ccc(N2CC(CNC(=O)NC(c3ccccc3)c3ccccc3)CC2=O)cc1. The number of hydrogen-bond acceptors (Lipinski definition) is 3. The number of nitrogens with zero attached hydrogens (tertiary/aromatic N) is 1. The first-order valence-corrected chi connectivity index (χ1v) is 10.7. The standard InChI is InChI=1S/C26H27N3O3/c1-32-23-14-12-22(13-15-23)29-18-19(16-24(29)30)17-27-26(31)28-25(20-8-4-2-5-9-20)21-10-6-3-7-11-21/h2-15,19,25H,16-18H2,1H3,(H2,27,28,31). The molecule has 0 radical (unpaired) electrons. The van der Waals surface area contributed by atoms with Crippen molar-refractivity contribution in [2.24, 2.45) is 5.92 Å². The molecule has 0 bridgehead atoms.